The zero-order valence-corrected chi connectivity index (χ0v) is 16.1. The Hall–Kier alpha value is -3.61. The van der Waals surface area contributed by atoms with Gasteiger partial charge in [0.05, 0.1) is 36.7 Å². The lowest BCUT2D eigenvalue weighted by molar-refractivity contribution is -0.114. The molecule has 2 aromatic carbocycles. The fourth-order valence-corrected chi connectivity index (χ4v) is 2.88. The molecule has 2 amide bonds. The van der Waals surface area contributed by atoms with Gasteiger partial charge in [-0.2, -0.15) is 0 Å². The maximum atomic E-state index is 12.8. The molecule has 3 rings (SSSR count). The van der Waals surface area contributed by atoms with Gasteiger partial charge in [-0.05, 0) is 49.4 Å². The van der Waals surface area contributed by atoms with E-state index in [0.29, 0.717) is 34.1 Å². The van der Waals surface area contributed by atoms with Gasteiger partial charge >= 0.3 is 0 Å². The molecule has 0 unspecified atom stereocenters. The molecule has 0 spiro atoms. The van der Waals surface area contributed by atoms with E-state index < -0.39 is 0 Å². The van der Waals surface area contributed by atoms with Crippen LogP contribution in [0.4, 0.5) is 11.4 Å². The van der Waals surface area contributed by atoms with E-state index in [4.69, 9.17) is 9.47 Å². The van der Waals surface area contributed by atoms with Gasteiger partial charge in [0, 0.05) is 18.0 Å². The summed E-state index contributed by atoms with van der Waals surface area (Å²) in [5.41, 5.74) is 2.86. The van der Waals surface area contributed by atoms with Crippen LogP contribution in [0.1, 0.15) is 23.0 Å². The van der Waals surface area contributed by atoms with Crippen LogP contribution in [0.3, 0.4) is 0 Å². The van der Waals surface area contributed by atoms with E-state index in [1.165, 1.54) is 14.0 Å². The Morgan fingerprint density at radius 1 is 0.964 bits per heavy atom. The van der Waals surface area contributed by atoms with E-state index in [1.54, 1.807) is 38.3 Å². The average Bonchev–Trinajstić information content (AvgIpc) is 2.66. The predicted molar refractivity (Wildman–Crippen MR) is 108 cm³/mol. The first-order valence-corrected chi connectivity index (χ1v) is 8.63. The highest BCUT2D eigenvalue weighted by Gasteiger charge is 2.14. The maximum absolute atomic E-state index is 12.8. The fraction of sp³-hybridized carbons (Fsp3) is 0.190. The summed E-state index contributed by atoms with van der Waals surface area (Å²) in [5, 5.41) is 6.33. The number of pyridine rings is 1. The molecule has 3 aromatic rings. The smallest absolute Gasteiger partial charge is 0.257 e. The van der Waals surface area contributed by atoms with Crippen LogP contribution in [0.2, 0.25) is 0 Å². The number of methoxy groups -OCH3 is 2. The van der Waals surface area contributed by atoms with Crippen molar-refractivity contribution < 1.29 is 19.1 Å². The summed E-state index contributed by atoms with van der Waals surface area (Å²) < 4.78 is 10.5. The number of benzene rings is 2. The van der Waals surface area contributed by atoms with E-state index in [9.17, 15) is 9.59 Å². The molecule has 0 bridgehead atoms. The number of carbonyl (C=O) groups is 2. The highest BCUT2D eigenvalue weighted by molar-refractivity contribution is 6.07. The second kappa shape index (κ2) is 7.96. The number of carbonyl (C=O) groups excluding carboxylic acids is 2. The van der Waals surface area contributed by atoms with Crippen molar-refractivity contribution in [2.75, 3.05) is 24.9 Å². The molecule has 28 heavy (non-hydrogen) atoms. The van der Waals surface area contributed by atoms with Crippen LogP contribution in [0.15, 0.2) is 42.5 Å². The molecule has 7 nitrogen and oxygen atoms in total. The van der Waals surface area contributed by atoms with Crippen LogP contribution in [0.5, 0.6) is 11.5 Å². The number of nitrogens with one attached hydrogen (secondary N) is 2. The number of fused-ring (bicyclic) bond motifs is 1. The third kappa shape index (κ3) is 4.03. The van der Waals surface area contributed by atoms with Crippen molar-refractivity contribution in [3.63, 3.8) is 0 Å². The van der Waals surface area contributed by atoms with E-state index in [-0.39, 0.29) is 11.8 Å². The average molecular weight is 379 g/mol. The lowest BCUT2D eigenvalue weighted by Crippen LogP contribution is -2.15. The number of nitrogens with zero attached hydrogens (tertiary/aromatic N) is 1. The van der Waals surface area contributed by atoms with Gasteiger partial charge in [-0.15, -0.1) is 0 Å². The van der Waals surface area contributed by atoms with Crippen molar-refractivity contribution in [1.29, 1.82) is 0 Å². The van der Waals surface area contributed by atoms with Crippen LogP contribution < -0.4 is 20.1 Å². The summed E-state index contributed by atoms with van der Waals surface area (Å²) in [5.74, 6) is 0.669. The molecule has 0 aliphatic rings. The van der Waals surface area contributed by atoms with Crippen LogP contribution in [-0.2, 0) is 4.79 Å². The fourth-order valence-electron chi connectivity index (χ4n) is 2.88. The first-order valence-electron chi connectivity index (χ1n) is 8.63. The number of amides is 2. The third-order valence-corrected chi connectivity index (χ3v) is 4.23. The number of anilines is 2. The first-order chi connectivity index (χ1) is 13.4. The Kier molecular flexibility index (Phi) is 5.44. The molecule has 7 heteroatoms. The quantitative estimate of drug-likeness (QED) is 0.704. The standard InChI is InChI=1S/C21H21N3O4/c1-12-17(10-14-9-16(27-3)6-7-18(14)22-12)21(26)24-15-5-8-20(28-4)19(11-15)23-13(2)25/h5-11H,1-4H3,(H,23,25)(H,24,26). The van der Waals surface area contributed by atoms with Crippen LogP contribution >= 0.6 is 0 Å². The topological polar surface area (TPSA) is 89.6 Å². The molecule has 0 aliphatic heterocycles. The SMILES string of the molecule is COc1ccc2nc(C)c(C(=O)Nc3ccc(OC)c(NC(C)=O)c3)cc2c1. The highest BCUT2D eigenvalue weighted by Crippen LogP contribution is 2.28. The number of hydrogen-bond acceptors (Lipinski definition) is 5. The van der Waals surface area contributed by atoms with E-state index in [0.717, 1.165) is 10.9 Å². The van der Waals surface area contributed by atoms with Crippen LogP contribution in [0.25, 0.3) is 10.9 Å². The normalized spacial score (nSPS) is 10.4. The van der Waals surface area contributed by atoms with Gasteiger partial charge < -0.3 is 20.1 Å². The molecule has 0 fully saturated rings. The van der Waals surface area contributed by atoms with E-state index in [1.807, 2.05) is 18.2 Å². The zero-order valence-electron chi connectivity index (χ0n) is 16.1. The van der Waals surface area contributed by atoms with Crippen molar-refractivity contribution in [3.8, 4) is 11.5 Å². The third-order valence-electron chi connectivity index (χ3n) is 4.23. The Morgan fingerprint density at radius 3 is 2.43 bits per heavy atom. The minimum atomic E-state index is -0.298. The van der Waals surface area contributed by atoms with Gasteiger partial charge in [0.2, 0.25) is 5.91 Å². The monoisotopic (exact) mass is 379 g/mol. The van der Waals surface area contributed by atoms with E-state index >= 15 is 0 Å². The molecule has 1 aromatic heterocycles. The number of ether oxygens (including phenoxy) is 2. The van der Waals surface area contributed by atoms with Crippen molar-refractivity contribution >= 4 is 34.1 Å². The Balaban J connectivity index is 1.92. The molecule has 2 N–H and O–H groups in total. The Labute approximate surface area is 162 Å². The minimum Gasteiger partial charge on any atom is -0.497 e. The highest BCUT2D eigenvalue weighted by atomic mass is 16.5. The van der Waals surface area contributed by atoms with Gasteiger partial charge in [-0.1, -0.05) is 0 Å². The summed E-state index contributed by atoms with van der Waals surface area (Å²) in [7, 11) is 3.10. The Bertz CT molecular complexity index is 1060. The number of hydrogen-bond donors (Lipinski definition) is 2. The van der Waals surface area contributed by atoms with Gasteiger partial charge in [0.1, 0.15) is 11.5 Å². The largest absolute Gasteiger partial charge is 0.497 e. The van der Waals surface area contributed by atoms with Crippen LogP contribution in [0, 0.1) is 6.92 Å². The molecule has 0 radical (unpaired) electrons. The molecule has 0 atom stereocenters. The first kappa shape index (κ1) is 19.2. The summed E-state index contributed by atoms with van der Waals surface area (Å²) >= 11 is 0. The van der Waals surface area contributed by atoms with Crippen molar-refractivity contribution in [2.45, 2.75) is 13.8 Å². The van der Waals surface area contributed by atoms with E-state index in [2.05, 4.69) is 15.6 Å². The van der Waals surface area contributed by atoms with Crippen LogP contribution in [-0.4, -0.2) is 31.0 Å². The summed E-state index contributed by atoms with van der Waals surface area (Å²) in [6, 6.07) is 12.3. The molecule has 0 saturated carbocycles. The summed E-state index contributed by atoms with van der Waals surface area (Å²) in [4.78, 5) is 28.7. The molecule has 1 heterocycles. The lowest BCUT2D eigenvalue weighted by atomic mass is 10.1. The lowest BCUT2D eigenvalue weighted by Gasteiger charge is -2.13. The number of rotatable bonds is 5. The molecule has 0 saturated heterocycles. The summed E-state index contributed by atoms with van der Waals surface area (Å²) in [6.07, 6.45) is 0. The Morgan fingerprint density at radius 2 is 1.75 bits per heavy atom. The zero-order chi connectivity index (χ0) is 20.3. The van der Waals surface area contributed by atoms with Crippen molar-refractivity contribution in [1.82, 2.24) is 4.98 Å². The van der Waals surface area contributed by atoms with Gasteiger partial charge in [0.25, 0.3) is 5.91 Å². The molecular formula is C21H21N3O4. The minimum absolute atomic E-state index is 0.231. The number of aromatic nitrogens is 1. The van der Waals surface area contributed by atoms with Gasteiger partial charge in [-0.3, -0.25) is 14.6 Å². The number of aryl methyl sites for hydroxylation is 1. The second-order valence-electron chi connectivity index (χ2n) is 6.23. The second-order valence-corrected chi connectivity index (χ2v) is 6.23. The molecule has 0 aliphatic carbocycles. The molecule has 144 valence electrons. The maximum Gasteiger partial charge on any atom is 0.257 e. The van der Waals surface area contributed by atoms with Crippen molar-refractivity contribution in [3.05, 3.63) is 53.7 Å². The van der Waals surface area contributed by atoms with Crippen molar-refractivity contribution in [2.24, 2.45) is 0 Å². The molecular weight excluding hydrogens is 358 g/mol. The van der Waals surface area contributed by atoms with Gasteiger partial charge in [-0.25, -0.2) is 0 Å². The van der Waals surface area contributed by atoms with Gasteiger partial charge in [0.15, 0.2) is 0 Å². The predicted octanol–water partition coefficient (Wildman–Crippen LogP) is 3.77. The summed E-state index contributed by atoms with van der Waals surface area (Å²) in [6.45, 7) is 3.19.